The van der Waals surface area contributed by atoms with Crippen LogP contribution in [0.15, 0.2) is 40.6 Å². The van der Waals surface area contributed by atoms with Crippen LogP contribution in [-0.2, 0) is 10.0 Å². The Morgan fingerprint density at radius 1 is 1.23 bits per heavy atom. The van der Waals surface area contributed by atoms with Crippen molar-refractivity contribution in [1.82, 2.24) is 14.3 Å². The van der Waals surface area contributed by atoms with Crippen molar-refractivity contribution >= 4 is 32.4 Å². The normalized spacial score (nSPS) is 17.0. The molecule has 3 aromatic rings. The molecule has 0 saturated carbocycles. The quantitative estimate of drug-likeness (QED) is 0.801. The van der Waals surface area contributed by atoms with Crippen LogP contribution < -0.4 is 0 Å². The molecule has 1 aliphatic rings. The summed E-state index contributed by atoms with van der Waals surface area (Å²) in [5.74, 6) is 1.01. The molecular formula is C15H15N3O2S2. The molecule has 0 radical (unpaired) electrons. The molecule has 22 heavy (non-hydrogen) atoms. The standard InChI is InChI=1S/C15H15N3O2S2/c1-10-6-7-14(21-10)22(19,20)18-8-11(9-18)15-16-12-4-2-3-5-13(12)17-15/h2-7,11H,8-9H2,1H3,(H,16,17). The van der Waals surface area contributed by atoms with Gasteiger partial charge in [0.1, 0.15) is 10.0 Å². The maximum absolute atomic E-state index is 12.5. The van der Waals surface area contributed by atoms with Crippen LogP contribution in [-0.4, -0.2) is 35.8 Å². The maximum atomic E-state index is 12.5. The van der Waals surface area contributed by atoms with Crippen molar-refractivity contribution in [3.63, 3.8) is 0 Å². The van der Waals surface area contributed by atoms with E-state index in [1.165, 1.54) is 15.6 Å². The highest BCUT2D eigenvalue weighted by Gasteiger charge is 2.39. The van der Waals surface area contributed by atoms with E-state index in [9.17, 15) is 8.42 Å². The van der Waals surface area contributed by atoms with Gasteiger partial charge in [0.05, 0.1) is 11.0 Å². The zero-order valence-electron chi connectivity index (χ0n) is 12.0. The zero-order valence-corrected chi connectivity index (χ0v) is 13.6. The van der Waals surface area contributed by atoms with E-state index >= 15 is 0 Å². The highest BCUT2D eigenvalue weighted by molar-refractivity contribution is 7.91. The van der Waals surface area contributed by atoms with Gasteiger partial charge in [0.25, 0.3) is 10.0 Å². The molecule has 1 saturated heterocycles. The first-order chi connectivity index (χ1) is 10.5. The third-order valence-electron chi connectivity index (χ3n) is 3.95. The zero-order chi connectivity index (χ0) is 15.3. The number of rotatable bonds is 3. The number of nitrogens with one attached hydrogen (secondary N) is 1. The number of hydrogen-bond acceptors (Lipinski definition) is 4. The van der Waals surface area contributed by atoms with Gasteiger partial charge in [-0.25, -0.2) is 13.4 Å². The van der Waals surface area contributed by atoms with E-state index in [4.69, 9.17) is 0 Å². The van der Waals surface area contributed by atoms with Gasteiger partial charge in [-0.15, -0.1) is 11.3 Å². The molecule has 0 unspecified atom stereocenters. The fourth-order valence-electron chi connectivity index (χ4n) is 2.65. The fourth-order valence-corrected chi connectivity index (χ4v) is 5.62. The van der Waals surface area contributed by atoms with Gasteiger partial charge in [-0.3, -0.25) is 0 Å². The lowest BCUT2D eigenvalue weighted by molar-refractivity contribution is 0.258. The highest BCUT2D eigenvalue weighted by atomic mass is 32.2. The van der Waals surface area contributed by atoms with Gasteiger partial charge in [0.15, 0.2) is 0 Å². The summed E-state index contributed by atoms with van der Waals surface area (Å²) in [7, 11) is -3.34. The van der Waals surface area contributed by atoms with Gasteiger partial charge in [-0.2, -0.15) is 4.31 Å². The van der Waals surface area contributed by atoms with Crippen LogP contribution in [0, 0.1) is 6.92 Å². The van der Waals surface area contributed by atoms with Gasteiger partial charge >= 0.3 is 0 Å². The highest BCUT2D eigenvalue weighted by Crippen LogP contribution is 2.33. The molecule has 0 bridgehead atoms. The van der Waals surface area contributed by atoms with Crippen molar-refractivity contribution in [2.24, 2.45) is 0 Å². The predicted octanol–water partition coefficient (Wildman–Crippen LogP) is 2.72. The van der Waals surface area contributed by atoms with E-state index in [2.05, 4.69) is 9.97 Å². The number of hydrogen-bond donors (Lipinski definition) is 1. The molecule has 7 heteroatoms. The minimum atomic E-state index is -3.34. The summed E-state index contributed by atoms with van der Waals surface area (Å²) in [5, 5.41) is 0. The molecule has 1 N–H and O–H groups in total. The second-order valence-electron chi connectivity index (χ2n) is 5.52. The van der Waals surface area contributed by atoms with Gasteiger partial charge < -0.3 is 4.98 Å². The summed E-state index contributed by atoms with van der Waals surface area (Å²) >= 11 is 1.32. The number of sulfonamides is 1. The first-order valence-corrected chi connectivity index (χ1v) is 9.31. The van der Waals surface area contributed by atoms with Crippen molar-refractivity contribution in [2.45, 2.75) is 17.1 Å². The second-order valence-corrected chi connectivity index (χ2v) is 8.98. The van der Waals surface area contributed by atoms with E-state index in [1.54, 1.807) is 6.07 Å². The molecule has 114 valence electrons. The Morgan fingerprint density at radius 3 is 2.68 bits per heavy atom. The maximum Gasteiger partial charge on any atom is 0.252 e. The number of imidazole rings is 1. The largest absolute Gasteiger partial charge is 0.342 e. The van der Waals surface area contributed by atoms with Crippen LogP contribution in [0.3, 0.4) is 0 Å². The summed E-state index contributed by atoms with van der Waals surface area (Å²) in [6, 6.07) is 11.4. The van der Waals surface area contributed by atoms with Crippen LogP contribution in [0.2, 0.25) is 0 Å². The minimum absolute atomic E-state index is 0.142. The minimum Gasteiger partial charge on any atom is -0.342 e. The Bertz CT molecular complexity index is 904. The molecule has 4 rings (SSSR count). The van der Waals surface area contributed by atoms with Crippen LogP contribution in [0.4, 0.5) is 0 Å². The molecule has 0 aliphatic carbocycles. The number of aromatic nitrogens is 2. The lowest BCUT2D eigenvalue weighted by atomic mass is 10.0. The molecule has 2 aromatic heterocycles. The van der Waals surface area contributed by atoms with Crippen LogP contribution in [0.25, 0.3) is 11.0 Å². The predicted molar refractivity (Wildman–Crippen MR) is 86.6 cm³/mol. The summed E-state index contributed by atoms with van der Waals surface area (Å²) in [5.41, 5.74) is 1.92. The lowest BCUT2D eigenvalue weighted by Gasteiger charge is -2.36. The first kappa shape index (κ1) is 13.9. The topological polar surface area (TPSA) is 66.1 Å². The molecule has 0 amide bonds. The summed E-state index contributed by atoms with van der Waals surface area (Å²) < 4.78 is 26.9. The Kier molecular flexibility index (Phi) is 3.11. The number of aromatic amines is 1. The average molecular weight is 333 g/mol. The SMILES string of the molecule is Cc1ccc(S(=O)(=O)N2CC(c3nc4ccccc4[nH]3)C2)s1. The number of H-pyrrole nitrogens is 1. The van der Waals surface area contributed by atoms with Crippen molar-refractivity contribution in [1.29, 1.82) is 0 Å². The fraction of sp³-hybridized carbons (Fsp3) is 0.267. The second kappa shape index (κ2) is 4.91. The van der Waals surface area contributed by atoms with Gasteiger partial charge in [0.2, 0.25) is 0 Å². The number of thiophene rings is 1. The van der Waals surface area contributed by atoms with E-state index in [0.29, 0.717) is 17.3 Å². The average Bonchev–Trinajstić information content (AvgIpc) is 3.02. The first-order valence-electron chi connectivity index (χ1n) is 7.05. The number of aryl methyl sites for hydroxylation is 1. The van der Waals surface area contributed by atoms with Crippen molar-refractivity contribution in [2.75, 3.05) is 13.1 Å². The molecule has 1 aromatic carbocycles. The van der Waals surface area contributed by atoms with Crippen LogP contribution >= 0.6 is 11.3 Å². The van der Waals surface area contributed by atoms with Gasteiger partial charge in [0, 0.05) is 23.9 Å². The Labute approximate surface area is 132 Å². The van der Waals surface area contributed by atoms with E-state index in [1.807, 2.05) is 37.3 Å². The Balaban J connectivity index is 1.54. The Morgan fingerprint density at radius 2 is 2.00 bits per heavy atom. The van der Waals surface area contributed by atoms with E-state index in [-0.39, 0.29) is 5.92 Å². The smallest absolute Gasteiger partial charge is 0.252 e. The number of fused-ring (bicyclic) bond motifs is 1. The lowest BCUT2D eigenvalue weighted by Crippen LogP contribution is -2.48. The Hall–Kier alpha value is -1.70. The number of para-hydroxylation sites is 2. The third kappa shape index (κ3) is 2.16. The molecule has 0 atom stereocenters. The molecule has 0 spiro atoms. The van der Waals surface area contributed by atoms with Crippen LogP contribution in [0.5, 0.6) is 0 Å². The van der Waals surface area contributed by atoms with Crippen molar-refractivity contribution < 1.29 is 8.42 Å². The summed E-state index contributed by atoms with van der Waals surface area (Å²) in [6.45, 7) is 2.88. The summed E-state index contributed by atoms with van der Waals surface area (Å²) in [6.07, 6.45) is 0. The van der Waals surface area contributed by atoms with Crippen molar-refractivity contribution in [3.8, 4) is 0 Å². The number of benzene rings is 1. The molecule has 3 heterocycles. The van der Waals surface area contributed by atoms with Crippen LogP contribution in [0.1, 0.15) is 16.6 Å². The van der Waals surface area contributed by atoms with E-state index < -0.39 is 10.0 Å². The summed E-state index contributed by atoms with van der Waals surface area (Å²) in [4.78, 5) is 8.84. The number of nitrogens with zero attached hydrogens (tertiary/aromatic N) is 2. The van der Waals surface area contributed by atoms with Gasteiger partial charge in [-0.1, -0.05) is 12.1 Å². The molecule has 1 aliphatic heterocycles. The molecule has 5 nitrogen and oxygen atoms in total. The molecular weight excluding hydrogens is 318 g/mol. The van der Waals surface area contributed by atoms with Crippen molar-refractivity contribution in [3.05, 3.63) is 47.1 Å². The molecule has 1 fully saturated rings. The van der Waals surface area contributed by atoms with Gasteiger partial charge in [-0.05, 0) is 31.2 Å². The van der Waals surface area contributed by atoms with E-state index in [0.717, 1.165) is 21.7 Å². The monoisotopic (exact) mass is 333 g/mol. The third-order valence-corrected chi connectivity index (χ3v) is 7.25.